The Labute approximate surface area is 145 Å². The number of para-hydroxylation sites is 1. The second-order valence-electron chi connectivity index (χ2n) is 5.33. The quantitative estimate of drug-likeness (QED) is 0.489. The number of hydrogen-bond acceptors (Lipinski definition) is 5. The van der Waals surface area contributed by atoms with Crippen molar-refractivity contribution in [1.29, 1.82) is 5.41 Å². The number of ether oxygens (including phenoxy) is 2. The van der Waals surface area contributed by atoms with Gasteiger partial charge in [0.2, 0.25) is 5.88 Å². The molecule has 0 atom stereocenters. The predicted molar refractivity (Wildman–Crippen MR) is 98.2 cm³/mol. The number of nitrogens with zero attached hydrogens (tertiary/aromatic N) is 1. The summed E-state index contributed by atoms with van der Waals surface area (Å²) in [5.74, 6) is 1.84. The van der Waals surface area contributed by atoms with E-state index in [1.54, 1.807) is 6.07 Å². The highest BCUT2D eigenvalue weighted by molar-refractivity contribution is 6.05. The molecule has 6 nitrogen and oxygen atoms in total. The summed E-state index contributed by atoms with van der Waals surface area (Å²) in [6, 6.07) is 18.7. The zero-order valence-corrected chi connectivity index (χ0v) is 13.7. The van der Waals surface area contributed by atoms with E-state index in [-0.39, 0.29) is 11.7 Å². The van der Waals surface area contributed by atoms with E-state index in [0.29, 0.717) is 22.8 Å². The van der Waals surface area contributed by atoms with Crippen molar-refractivity contribution >= 4 is 11.7 Å². The van der Waals surface area contributed by atoms with Crippen molar-refractivity contribution in [3.05, 3.63) is 66.2 Å². The van der Waals surface area contributed by atoms with Gasteiger partial charge in [-0.2, -0.15) is 4.98 Å². The average molecular weight is 334 g/mol. The monoisotopic (exact) mass is 334 g/mol. The molecule has 3 aromatic rings. The van der Waals surface area contributed by atoms with Gasteiger partial charge in [0.1, 0.15) is 23.2 Å². The Balaban J connectivity index is 1.97. The predicted octanol–water partition coefficient (Wildman–Crippen LogP) is 3.42. The van der Waals surface area contributed by atoms with E-state index in [0.717, 1.165) is 11.3 Å². The Hall–Kier alpha value is -3.54. The maximum absolute atomic E-state index is 7.78. The first-order chi connectivity index (χ1) is 12.1. The van der Waals surface area contributed by atoms with Gasteiger partial charge in [0.05, 0.1) is 12.7 Å². The third kappa shape index (κ3) is 3.53. The normalized spacial score (nSPS) is 10.3. The number of benzene rings is 2. The van der Waals surface area contributed by atoms with Gasteiger partial charge in [-0.1, -0.05) is 30.3 Å². The molecule has 6 heteroatoms. The van der Waals surface area contributed by atoms with Crippen molar-refractivity contribution in [2.24, 2.45) is 5.73 Å². The van der Waals surface area contributed by atoms with Gasteiger partial charge in [-0.25, -0.2) is 0 Å². The topological polar surface area (TPSA) is 107 Å². The van der Waals surface area contributed by atoms with Crippen molar-refractivity contribution in [3.63, 3.8) is 0 Å². The molecule has 0 saturated carbocycles. The van der Waals surface area contributed by atoms with E-state index in [2.05, 4.69) is 4.98 Å². The minimum absolute atomic E-state index is 0.146. The summed E-state index contributed by atoms with van der Waals surface area (Å²) in [6.45, 7) is 0. The van der Waals surface area contributed by atoms with Crippen LogP contribution in [0.15, 0.2) is 60.7 Å². The van der Waals surface area contributed by atoms with Crippen molar-refractivity contribution in [3.8, 4) is 28.5 Å². The molecular formula is C19H18N4O2. The molecule has 3 rings (SSSR count). The van der Waals surface area contributed by atoms with E-state index in [1.165, 1.54) is 7.11 Å². The number of hydrogen-bond donors (Lipinski definition) is 3. The molecule has 1 aromatic heterocycles. The molecule has 0 amide bonds. The van der Waals surface area contributed by atoms with Crippen LogP contribution in [-0.2, 0) is 0 Å². The summed E-state index contributed by atoms with van der Waals surface area (Å²) < 4.78 is 11.0. The van der Waals surface area contributed by atoms with Gasteiger partial charge in [0.25, 0.3) is 0 Å². The number of aromatic nitrogens is 1. The average Bonchev–Trinajstić information content (AvgIpc) is 2.62. The lowest BCUT2D eigenvalue weighted by atomic mass is 10.00. The molecule has 0 saturated heterocycles. The fourth-order valence-corrected chi connectivity index (χ4v) is 2.48. The zero-order chi connectivity index (χ0) is 17.8. The highest BCUT2D eigenvalue weighted by atomic mass is 16.5. The van der Waals surface area contributed by atoms with Crippen LogP contribution in [0.25, 0.3) is 11.1 Å². The molecule has 126 valence electrons. The Morgan fingerprint density at radius 3 is 2.24 bits per heavy atom. The molecule has 0 bridgehead atoms. The number of nitrogens with one attached hydrogen (secondary N) is 1. The van der Waals surface area contributed by atoms with Gasteiger partial charge < -0.3 is 20.9 Å². The first kappa shape index (κ1) is 16.3. The lowest BCUT2D eigenvalue weighted by molar-refractivity contribution is 0.399. The highest BCUT2D eigenvalue weighted by Gasteiger charge is 2.15. The van der Waals surface area contributed by atoms with Gasteiger partial charge in [-0.3, -0.25) is 5.41 Å². The minimum Gasteiger partial charge on any atom is -0.481 e. The van der Waals surface area contributed by atoms with Crippen LogP contribution in [0.1, 0.15) is 5.56 Å². The number of nitrogen functional groups attached to an aromatic ring is 2. The second kappa shape index (κ2) is 6.92. The molecule has 0 aliphatic heterocycles. The lowest BCUT2D eigenvalue weighted by Crippen LogP contribution is -2.16. The number of pyridine rings is 1. The fraction of sp³-hybridized carbons (Fsp3) is 0.0526. The Bertz CT molecular complexity index is 893. The summed E-state index contributed by atoms with van der Waals surface area (Å²) in [4.78, 5) is 4.08. The van der Waals surface area contributed by atoms with Gasteiger partial charge >= 0.3 is 0 Å². The fourth-order valence-electron chi connectivity index (χ4n) is 2.48. The van der Waals surface area contributed by atoms with E-state index in [9.17, 15) is 0 Å². The number of amidine groups is 1. The summed E-state index contributed by atoms with van der Waals surface area (Å²) in [6.07, 6.45) is 0. The SMILES string of the molecule is COc1cc(-c2ccc(Oc3ccccc3)cc2)c(C(=N)N)c(N)n1. The zero-order valence-electron chi connectivity index (χ0n) is 13.7. The van der Waals surface area contributed by atoms with Crippen molar-refractivity contribution < 1.29 is 9.47 Å². The van der Waals surface area contributed by atoms with Gasteiger partial charge in [0.15, 0.2) is 0 Å². The molecule has 5 N–H and O–H groups in total. The van der Waals surface area contributed by atoms with Crippen LogP contribution in [0.4, 0.5) is 5.82 Å². The Kier molecular flexibility index (Phi) is 4.52. The first-order valence-electron chi connectivity index (χ1n) is 7.60. The van der Waals surface area contributed by atoms with Gasteiger partial charge in [-0.05, 0) is 29.8 Å². The van der Waals surface area contributed by atoms with Crippen LogP contribution in [-0.4, -0.2) is 17.9 Å². The van der Waals surface area contributed by atoms with Crippen LogP contribution in [0, 0.1) is 5.41 Å². The van der Waals surface area contributed by atoms with Gasteiger partial charge in [0, 0.05) is 11.6 Å². The molecule has 0 aliphatic rings. The molecule has 0 spiro atoms. The lowest BCUT2D eigenvalue weighted by Gasteiger charge is -2.13. The molecular weight excluding hydrogens is 316 g/mol. The number of anilines is 1. The molecule has 1 heterocycles. The maximum Gasteiger partial charge on any atom is 0.215 e. The second-order valence-corrected chi connectivity index (χ2v) is 5.33. The van der Waals surface area contributed by atoms with Crippen molar-refractivity contribution in [2.75, 3.05) is 12.8 Å². The minimum atomic E-state index is -0.146. The Morgan fingerprint density at radius 2 is 1.64 bits per heavy atom. The molecule has 0 unspecified atom stereocenters. The summed E-state index contributed by atoms with van der Waals surface area (Å²) in [7, 11) is 1.51. The van der Waals surface area contributed by atoms with E-state index in [1.807, 2.05) is 54.6 Å². The molecule has 2 aromatic carbocycles. The third-order valence-electron chi connectivity index (χ3n) is 3.65. The van der Waals surface area contributed by atoms with E-state index >= 15 is 0 Å². The largest absolute Gasteiger partial charge is 0.481 e. The van der Waals surface area contributed by atoms with Gasteiger partial charge in [-0.15, -0.1) is 0 Å². The number of rotatable bonds is 5. The van der Waals surface area contributed by atoms with Crippen LogP contribution in [0.3, 0.4) is 0 Å². The third-order valence-corrected chi connectivity index (χ3v) is 3.65. The van der Waals surface area contributed by atoms with Crippen LogP contribution < -0.4 is 20.9 Å². The molecule has 25 heavy (non-hydrogen) atoms. The van der Waals surface area contributed by atoms with Crippen molar-refractivity contribution in [1.82, 2.24) is 4.98 Å². The van der Waals surface area contributed by atoms with Crippen LogP contribution >= 0.6 is 0 Å². The summed E-state index contributed by atoms with van der Waals surface area (Å²) in [5, 5.41) is 7.78. The van der Waals surface area contributed by atoms with Crippen LogP contribution in [0.5, 0.6) is 17.4 Å². The standard InChI is InChI=1S/C19H18N4O2/c1-24-16-11-15(17(18(20)21)19(22)23-16)12-7-9-14(10-8-12)25-13-5-3-2-4-6-13/h2-11H,1H3,(H3,20,21)(H2,22,23). The Morgan fingerprint density at radius 1 is 1.00 bits per heavy atom. The number of nitrogens with two attached hydrogens (primary N) is 2. The molecule has 0 aliphatic carbocycles. The maximum atomic E-state index is 7.78. The molecule has 0 fully saturated rings. The summed E-state index contributed by atoms with van der Waals surface area (Å²) >= 11 is 0. The van der Waals surface area contributed by atoms with E-state index in [4.69, 9.17) is 26.4 Å². The van der Waals surface area contributed by atoms with Crippen LogP contribution in [0.2, 0.25) is 0 Å². The van der Waals surface area contributed by atoms with Crippen molar-refractivity contribution in [2.45, 2.75) is 0 Å². The molecule has 0 radical (unpaired) electrons. The summed E-state index contributed by atoms with van der Waals surface area (Å²) in [5.41, 5.74) is 13.5. The number of methoxy groups -OCH3 is 1. The van der Waals surface area contributed by atoms with E-state index < -0.39 is 0 Å². The smallest absolute Gasteiger partial charge is 0.215 e. The first-order valence-corrected chi connectivity index (χ1v) is 7.60. The highest BCUT2D eigenvalue weighted by Crippen LogP contribution is 2.32.